The lowest BCUT2D eigenvalue weighted by molar-refractivity contribution is 0.640. The van der Waals surface area contributed by atoms with Crippen LogP contribution in [0.5, 0.6) is 0 Å². The highest BCUT2D eigenvalue weighted by atomic mass is 35.5. The van der Waals surface area contributed by atoms with Crippen LogP contribution in [0, 0.1) is 0 Å². The van der Waals surface area contributed by atoms with Crippen molar-refractivity contribution in [3.8, 4) is 0 Å². The van der Waals surface area contributed by atoms with Crippen molar-refractivity contribution in [3.63, 3.8) is 0 Å². The van der Waals surface area contributed by atoms with Crippen molar-refractivity contribution >= 4 is 11.6 Å². The summed E-state index contributed by atoms with van der Waals surface area (Å²) in [5, 5.41) is 4.24. The third kappa shape index (κ3) is 4.64. The number of rotatable bonds is 6. The van der Waals surface area contributed by atoms with Crippen LogP contribution in [0.25, 0.3) is 0 Å². The quantitative estimate of drug-likeness (QED) is 0.713. The van der Waals surface area contributed by atoms with Gasteiger partial charge in [-0.05, 0) is 43.6 Å². The maximum atomic E-state index is 5.89. The molecule has 1 aromatic rings. The lowest BCUT2D eigenvalue weighted by Crippen LogP contribution is -2.18. The molecule has 0 radical (unpaired) electrons. The fourth-order valence-electron chi connectivity index (χ4n) is 1.35. The fourth-order valence-corrected chi connectivity index (χ4v) is 1.56. The summed E-state index contributed by atoms with van der Waals surface area (Å²) in [6.07, 6.45) is 3.57. The van der Waals surface area contributed by atoms with Gasteiger partial charge in [0.1, 0.15) is 0 Å². The summed E-state index contributed by atoms with van der Waals surface area (Å²) >= 11 is 5.89. The van der Waals surface area contributed by atoms with Crippen LogP contribution in [0.15, 0.2) is 24.3 Å². The van der Waals surface area contributed by atoms with Crippen molar-refractivity contribution in [2.24, 2.45) is 0 Å². The largest absolute Gasteiger partial charge is 0.316 e. The molecule has 0 bridgehead atoms. The predicted octanol–water partition coefficient (Wildman–Crippen LogP) is 3.27. The second-order valence-electron chi connectivity index (χ2n) is 3.48. The molecule has 0 unspecified atom stereocenters. The molecular weight excluding hydrogens is 194 g/mol. The zero-order valence-corrected chi connectivity index (χ0v) is 9.48. The monoisotopic (exact) mass is 211 g/mol. The van der Waals surface area contributed by atoms with E-state index in [1.54, 1.807) is 0 Å². The zero-order chi connectivity index (χ0) is 10.2. The lowest BCUT2D eigenvalue weighted by Gasteiger charge is -2.04. The van der Waals surface area contributed by atoms with Crippen molar-refractivity contribution in [1.29, 1.82) is 0 Å². The fraction of sp³-hybridized carbons (Fsp3) is 0.500. The molecule has 1 N–H and O–H groups in total. The Kier molecular flexibility index (Phi) is 5.65. The number of halogens is 1. The van der Waals surface area contributed by atoms with Gasteiger partial charge in [0.05, 0.1) is 0 Å². The molecular formula is C12H18ClN. The number of hydrogen-bond donors (Lipinski definition) is 1. The summed E-state index contributed by atoms with van der Waals surface area (Å²) in [7, 11) is 0. The lowest BCUT2D eigenvalue weighted by atomic mass is 10.1. The van der Waals surface area contributed by atoms with E-state index in [1.807, 2.05) is 18.2 Å². The molecule has 2 heteroatoms. The van der Waals surface area contributed by atoms with Crippen LogP contribution < -0.4 is 5.32 Å². The molecule has 78 valence electrons. The Labute approximate surface area is 91.5 Å². The third-order valence-electron chi connectivity index (χ3n) is 2.19. The van der Waals surface area contributed by atoms with E-state index in [0.717, 1.165) is 24.5 Å². The van der Waals surface area contributed by atoms with Crippen molar-refractivity contribution in [1.82, 2.24) is 5.32 Å². The van der Waals surface area contributed by atoms with Gasteiger partial charge in [-0.1, -0.05) is 37.1 Å². The predicted molar refractivity (Wildman–Crippen MR) is 62.9 cm³/mol. The van der Waals surface area contributed by atoms with E-state index in [2.05, 4.69) is 18.3 Å². The van der Waals surface area contributed by atoms with E-state index in [1.165, 1.54) is 18.4 Å². The molecule has 0 aliphatic rings. The van der Waals surface area contributed by atoms with E-state index in [0.29, 0.717) is 0 Å². The van der Waals surface area contributed by atoms with Gasteiger partial charge in [0, 0.05) is 5.02 Å². The van der Waals surface area contributed by atoms with Gasteiger partial charge in [0.25, 0.3) is 0 Å². The first-order valence-corrected chi connectivity index (χ1v) is 5.66. The molecule has 14 heavy (non-hydrogen) atoms. The first-order valence-electron chi connectivity index (χ1n) is 5.28. The normalized spacial score (nSPS) is 10.4. The van der Waals surface area contributed by atoms with Crippen molar-refractivity contribution < 1.29 is 0 Å². The number of benzene rings is 1. The number of nitrogens with one attached hydrogen (secondary N) is 1. The summed E-state index contributed by atoms with van der Waals surface area (Å²) in [4.78, 5) is 0. The van der Waals surface area contributed by atoms with Crippen LogP contribution in [0.1, 0.15) is 25.3 Å². The maximum Gasteiger partial charge on any atom is 0.0408 e. The standard InChI is InChI=1S/C12H18ClN/c1-2-3-8-14-9-7-11-5-4-6-12(13)10-11/h4-6,10,14H,2-3,7-9H2,1H3. The Morgan fingerprint density at radius 3 is 2.86 bits per heavy atom. The third-order valence-corrected chi connectivity index (χ3v) is 2.42. The summed E-state index contributed by atoms with van der Waals surface area (Å²) in [5.74, 6) is 0. The van der Waals surface area contributed by atoms with E-state index >= 15 is 0 Å². The molecule has 0 saturated carbocycles. The van der Waals surface area contributed by atoms with Gasteiger partial charge < -0.3 is 5.32 Å². The van der Waals surface area contributed by atoms with Gasteiger partial charge in [-0.2, -0.15) is 0 Å². The minimum atomic E-state index is 0.830. The Morgan fingerprint density at radius 1 is 1.29 bits per heavy atom. The highest BCUT2D eigenvalue weighted by Crippen LogP contribution is 2.10. The molecule has 0 amide bonds. The van der Waals surface area contributed by atoms with Crippen molar-refractivity contribution in [2.75, 3.05) is 13.1 Å². The van der Waals surface area contributed by atoms with Gasteiger partial charge in [0.2, 0.25) is 0 Å². The van der Waals surface area contributed by atoms with Crippen LogP contribution in [-0.4, -0.2) is 13.1 Å². The molecule has 0 spiro atoms. The van der Waals surface area contributed by atoms with E-state index < -0.39 is 0 Å². The van der Waals surface area contributed by atoms with Crippen LogP contribution in [0.3, 0.4) is 0 Å². The SMILES string of the molecule is CCCCNCCc1cccc(Cl)c1. The zero-order valence-electron chi connectivity index (χ0n) is 8.72. The summed E-state index contributed by atoms with van der Waals surface area (Å²) in [5.41, 5.74) is 1.31. The molecule has 1 aromatic carbocycles. The highest BCUT2D eigenvalue weighted by molar-refractivity contribution is 6.30. The molecule has 0 aliphatic carbocycles. The van der Waals surface area contributed by atoms with E-state index in [9.17, 15) is 0 Å². The summed E-state index contributed by atoms with van der Waals surface area (Å²) in [6, 6.07) is 8.07. The van der Waals surface area contributed by atoms with Gasteiger partial charge >= 0.3 is 0 Å². The minimum absolute atomic E-state index is 0.830. The van der Waals surface area contributed by atoms with E-state index in [4.69, 9.17) is 11.6 Å². The summed E-state index contributed by atoms with van der Waals surface area (Å²) < 4.78 is 0. The highest BCUT2D eigenvalue weighted by Gasteiger charge is 1.93. The molecule has 0 heterocycles. The molecule has 0 aromatic heterocycles. The van der Waals surface area contributed by atoms with Gasteiger partial charge in [-0.25, -0.2) is 0 Å². The van der Waals surface area contributed by atoms with Crippen molar-refractivity contribution in [2.45, 2.75) is 26.2 Å². The first kappa shape index (κ1) is 11.5. The maximum absolute atomic E-state index is 5.89. The first-order chi connectivity index (χ1) is 6.83. The van der Waals surface area contributed by atoms with Crippen LogP contribution in [-0.2, 0) is 6.42 Å². The van der Waals surface area contributed by atoms with Gasteiger partial charge in [0.15, 0.2) is 0 Å². The Morgan fingerprint density at radius 2 is 2.14 bits per heavy atom. The second kappa shape index (κ2) is 6.86. The second-order valence-corrected chi connectivity index (χ2v) is 3.92. The Hall–Kier alpha value is -0.530. The smallest absolute Gasteiger partial charge is 0.0408 e. The molecule has 0 aliphatic heterocycles. The topological polar surface area (TPSA) is 12.0 Å². The molecule has 1 nitrogen and oxygen atoms in total. The van der Waals surface area contributed by atoms with Crippen LogP contribution in [0.2, 0.25) is 5.02 Å². The molecule has 1 rings (SSSR count). The van der Waals surface area contributed by atoms with Crippen LogP contribution in [0.4, 0.5) is 0 Å². The minimum Gasteiger partial charge on any atom is -0.316 e. The average Bonchev–Trinajstić information content (AvgIpc) is 2.18. The molecule has 0 atom stereocenters. The van der Waals surface area contributed by atoms with Crippen molar-refractivity contribution in [3.05, 3.63) is 34.9 Å². The number of hydrogen-bond acceptors (Lipinski definition) is 1. The van der Waals surface area contributed by atoms with Crippen LogP contribution >= 0.6 is 11.6 Å². The molecule has 0 saturated heterocycles. The van der Waals surface area contributed by atoms with E-state index in [-0.39, 0.29) is 0 Å². The Balaban J connectivity index is 2.18. The van der Waals surface area contributed by atoms with Gasteiger partial charge in [-0.3, -0.25) is 0 Å². The van der Waals surface area contributed by atoms with Gasteiger partial charge in [-0.15, -0.1) is 0 Å². The summed E-state index contributed by atoms with van der Waals surface area (Å²) in [6.45, 7) is 4.37. The Bertz CT molecular complexity index is 260. The average molecular weight is 212 g/mol. The number of unbranched alkanes of at least 4 members (excludes halogenated alkanes) is 1. The molecule has 0 fully saturated rings.